The molecule has 5 rings (SSSR count). The highest BCUT2D eigenvalue weighted by Crippen LogP contribution is 2.36. The van der Waals surface area contributed by atoms with Crippen molar-refractivity contribution in [2.45, 2.75) is 42.9 Å². The molecular weight excluding hydrogens is 444 g/mol. The number of fused-ring (bicyclic) bond motifs is 1. The Kier molecular flexibility index (Phi) is 5.75. The number of anilines is 1. The number of pyridine rings is 1. The summed E-state index contributed by atoms with van der Waals surface area (Å²) < 4.78 is 29.5. The summed E-state index contributed by atoms with van der Waals surface area (Å²) >= 11 is 0. The molecule has 0 radical (unpaired) electrons. The third-order valence-electron chi connectivity index (χ3n) is 6.56. The van der Waals surface area contributed by atoms with Gasteiger partial charge in [0.25, 0.3) is 5.69 Å². The Morgan fingerprint density at radius 3 is 2.61 bits per heavy atom. The smallest absolute Gasteiger partial charge is 0.293 e. The van der Waals surface area contributed by atoms with E-state index in [0.717, 1.165) is 43.6 Å². The van der Waals surface area contributed by atoms with Crippen molar-refractivity contribution in [3.8, 4) is 0 Å². The van der Waals surface area contributed by atoms with Gasteiger partial charge in [-0.25, -0.2) is 8.42 Å². The molecule has 0 N–H and O–H groups in total. The molecule has 0 spiro atoms. The minimum Gasteiger partial charge on any atom is -0.365 e. The minimum atomic E-state index is -3.75. The Morgan fingerprint density at radius 1 is 1.00 bits per heavy atom. The standard InChI is InChI=1S/C22H26N6O4S/c29-28(30)20-15-18(33(31,32)26-12-3-1-4-13-26)9-10-19(20)25-11-6-7-17(16-25)22-24-23-21-8-2-5-14-27(21)22/h2,5,8-10,14-15,17H,1,3-4,6-7,11-13,16H2. The highest BCUT2D eigenvalue weighted by Gasteiger charge is 2.32. The van der Waals surface area contributed by atoms with E-state index in [1.807, 2.05) is 33.7 Å². The lowest BCUT2D eigenvalue weighted by atomic mass is 9.96. The molecule has 33 heavy (non-hydrogen) atoms. The Morgan fingerprint density at radius 2 is 1.82 bits per heavy atom. The molecule has 4 heterocycles. The van der Waals surface area contributed by atoms with Crippen LogP contribution < -0.4 is 4.90 Å². The molecule has 0 aliphatic carbocycles. The van der Waals surface area contributed by atoms with E-state index in [9.17, 15) is 18.5 Å². The first kappa shape index (κ1) is 21.8. The van der Waals surface area contributed by atoms with Gasteiger partial charge >= 0.3 is 0 Å². The van der Waals surface area contributed by atoms with Gasteiger partial charge in [0.05, 0.1) is 9.82 Å². The summed E-state index contributed by atoms with van der Waals surface area (Å²) in [4.78, 5) is 13.4. The summed E-state index contributed by atoms with van der Waals surface area (Å²) in [7, 11) is -3.75. The third-order valence-corrected chi connectivity index (χ3v) is 8.46. The van der Waals surface area contributed by atoms with Crippen LogP contribution in [0.1, 0.15) is 43.8 Å². The van der Waals surface area contributed by atoms with Crippen LogP contribution in [0.5, 0.6) is 0 Å². The molecule has 1 atom stereocenters. The molecule has 11 heteroatoms. The summed E-state index contributed by atoms with van der Waals surface area (Å²) in [5.74, 6) is 0.898. The summed E-state index contributed by atoms with van der Waals surface area (Å²) in [5, 5.41) is 20.6. The van der Waals surface area contributed by atoms with Gasteiger partial charge in [-0.2, -0.15) is 4.31 Å². The van der Waals surface area contributed by atoms with Crippen molar-refractivity contribution in [3.05, 3.63) is 58.5 Å². The molecule has 0 bridgehead atoms. The number of piperidine rings is 2. The summed E-state index contributed by atoms with van der Waals surface area (Å²) in [5.41, 5.74) is 1.03. The van der Waals surface area contributed by atoms with Crippen molar-refractivity contribution in [2.75, 3.05) is 31.1 Å². The van der Waals surface area contributed by atoms with Crippen LogP contribution in [0.15, 0.2) is 47.5 Å². The second-order valence-electron chi connectivity index (χ2n) is 8.64. The van der Waals surface area contributed by atoms with Crippen molar-refractivity contribution in [2.24, 2.45) is 0 Å². The molecule has 174 valence electrons. The van der Waals surface area contributed by atoms with Gasteiger partial charge in [0.1, 0.15) is 11.5 Å². The minimum absolute atomic E-state index is 0.0168. The third kappa shape index (κ3) is 4.06. The Labute approximate surface area is 192 Å². The van der Waals surface area contributed by atoms with Gasteiger partial charge in [0.15, 0.2) is 5.65 Å². The SMILES string of the molecule is O=[N+]([O-])c1cc(S(=O)(=O)N2CCCCC2)ccc1N1CCCC(c2nnc3ccccn23)C1. The number of hydrogen-bond donors (Lipinski definition) is 0. The topological polar surface area (TPSA) is 114 Å². The van der Waals surface area contributed by atoms with E-state index in [-0.39, 0.29) is 16.5 Å². The first-order valence-electron chi connectivity index (χ1n) is 11.3. The first-order valence-corrected chi connectivity index (χ1v) is 12.7. The molecule has 0 saturated carbocycles. The van der Waals surface area contributed by atoms with Crippen molar-refractivity contribution in [3.63, 3.8) is 0 Å². The fourth-order valence-corrected chi connectivity index (χ4v) is 6.41. The molecule has 1 unspecified atom stereocenters. The number of nitro benzene ring substituents is 1. The predicted octanol–water partition coefficient (Wildman–Crippen LogP) is 3.20. The maximum atomic E-state index is 13.1. The van der Waals surface area contributed by atoms with Crippen LogP contribution in [0.25, 0.3) is 5.65 Å². The van der Waals surface area contributed by atoms with E-state index < -0.39 is 14.9 Å². The largest absolute Gasteiger partial charge is 0.365 e. The van der Waals surface area contributed by atoms with Crippen molar-refractivity contribution < 1.29 is 13.3 Å². The van der Waals surface area contributed by atoms with E-state index in [2.05, 4.69) is 10.2 Å². The predicted molar refractivity (Wildman–Crippen MR) is 123 cm³/mol. The number of nitro groups is 1. The van der Waals surface area contributed by atoms with E-state index in [1.54, 1.807) is 6.07 Å². The zero-order chi connectivity index (χ0) is 23.0. The zero-order valence-electron chi connectivity index (χ0n) is 18.2. The fraction of sp³-hybridized carbons (Fsp3) is 0.455. The molecule has 2 fully saturated rings. The molecule has 10 nitrogen and oxygen atoms in total. The Hall–Kier alpha value is -3.05. The number of aromatic nitrogens is 3. The van der Waals surface area contributed by atoms with Gasteiger partial charge in [0, 0.05) is 44.4 Å². The lowest BCUT2D eigenvalue weighted by Gasteiger charge is -2.33. The highest BCUT2D eigenvalue weighted by molar-refractivity contribution is 7.89. The number of sulfonamides is 1. The normalized spacial score (nSPS) is 20.2. The maximum Gasteiger partial charge on any atom is 0.293 e. The van der Waals surface area contributed by atoms with Gasteiger partial charge in [-0.05, 0) is 49.9 Å². The Balaban J connectivity index is 1.45. The van der Waals surface area contributed by atoms with Gasteiger partial charge in [-0.3, -0.25) is 14.5 Å². The molecule has 2 aliphatic rings. The number of nitrogens with zero attached hydrogens (tertiary/aromatic N) is 6. The van der Waals surface area contributed by atoms with Crippen LogP contribution in [-0.2, 0) is 10.0 Å². The van der Waals surface area contributed by atoms with Gasteiger partial charge < -0.3 is 4.90 Å². The van der Waals surface area contributed by atoms with Gasteiger partial charge in [-0.1, -0.05) is 12.5 Å². The second-order valence-corrected chi connectivity index (χ2v) is 10.6. The van der Waals surface area contributed by atoms with Crippen molar-refractivity contribution in [1.29, 1.82) is 0 Å². The Bertz CT molecular complexity index is 1290. The first-order chi connectivity index (χ1) is 15.9. The summed E-state index contributed by atoms with van der Waals surface area (Å²) in [6, 6.07) is 10.0. The van der Waals surface area contributed by atoms with Crippen LogP contribution in [-0.4, -0.2) is 58.4 Å². The van der Waals surface area contributed by atoms with Crippen LogP contribution >= 0.6 is 0 Å². The summed E-state index contributed by atoms with van der Waals surface area (Å²) in [6.07, 6.45) is 6.30. The average molecular weight is 471 g/mol. The summed E-state index contributed by atoms with van der Waals surface area (Å²) in [6.45, 7) is 2.12. The maximum absolute atomic E-state index is 13.1. The molecule has 2 aliphatic heterocycles. The number of benzene rings is 1. The van der Waals surface area contributed by atoms with Crippen molar-refractivity contribution in [1.82, 2.24) is 18.9 Å². The number of rotatable bonds is 5. The van der Waals surface area contributed by atoms with Crippen LogP contribution in [0.2, 0.25) is 0 Å². The van der Waals surface area contributed by atoms with Crippen LogP contribution in [0.4, 0.5) is 11.4 Å². The molecule has 2 aromatic heterocycles. The molecular formula is C22H26N6O4S. The highest BCUT2D eigenvalue weighted by atomic mass is 32.2. The monoisotopic (exact) mass is 470 g/mol. The van der Waals surface area contributed by atoms with Crippen molar-refractivity contribution >= 4 is 27.0 Å². The molecule has 3 aromatic rings. The van der Waals surface area contributed by atoms with E-state index in [0.29, 0.717) is 31.9 Å². The lowest BCUT2D eigenvalue weighted by molar-refractivity contribution is -0.384. The molecule has 1 aromatic carbocycles. The molecule has 2 saturated heterocycles. The molecule has 0 amide bonds. The van der Waals surface area contributed by atoms with E-state index in [1.165, 1.54) is 16.4 Å². The number of hydrogen-bond acceptors (Lipinski definition) is 7. The van der Waals surface area contributed by atoms with Gasteiger partial charge in [0.2, 0.25) is 10.0 Å². The second kappa shape index (κ2) is 8.71. The van der Waals surface area contributed by atoms with E-state index >= 15 is 0 Å². The fourth-order valence-electron chi connectivity index (χ4n) is 4.88. The average Bonchev–Trinajstić information content (AvgIpc) is 3.28. The van der Waals surface area contributed by atoms with E-state index in [4.69, 9.17) is 0 Å². The van der Waals surface area contributed by atoms with Crippen LogP contribution in [0.3, 0.4) is 0 Å². The lowest BCUT2D eigenvalue weighted by Crippen LogP contribution is -2.36. The van der Waals surface area contributed by atoms with Gasteiger partial charge in [-0.15, -0.1) is 10.2 Å². The zero-order valence-corrected chi connectivity index (χ0v) is 19.0. The van der Waals surface area contributed by atoms with Crippen LogP contribution in [0, 0.1) is 10.1 Å². The quantitative estimate of drug-likeness (QED) is 0.415.